The van der Waals surface area contributed by atoms with Gasteiger partial charge in [-0.25, -0.2) is 13.4 Å². The zero-order valence-electron chi connectivity index (χ0n) is 14.6. The third-order valence-corrected chi connectivity index (χ3v) is 5.47. The van der Waals surface area contributed by atoms with Crippen LogP contribution in [0, 0.1) is 6.92 Å². The lowest BCUT2D eigenvalue weighted by atomic mass is 10.1. The van der Waals surface area contributed by atoms with E-state index in [1.54, 1.807) is 12.1 Å². The Bertz CT molecular complexity index is 1210. The highest BCUT2D eigenvalue weighted by Crippen LogP contribution is 2.20. The van der Waals surface area contributed by atoms with Crippen LogP contribution in [0.3, 0.4) is 0 Å². The number of halogens is 2. The van der Waals surface area contributed by atoms with Gasteiger partial charge in [0.15, 0.2) is 0 Å². The summed E-state index contributed by atoms with van der Waals surface area (Å²) in [5.41, 5.74) is 1.23. The zero-order valence-corrected chi connectivity index (χ0v) is 15.4. The number of carbonyl (C=O) groups excluding carboxylic acids is 1. The van der Waals surface area contributed by atoms with Crippen LogP contribution < -0.4 is 10.9 Å². The van der Waals surface area contributed by atoms with Crippen molar-refractivity contribution >= 4 is 32.3 Å². The number of nitrogens with zero attached hydrogens (tertiary/aromatic N) is 2. The van der Waals surface area contributed by atoms with Crippen molar-refractivity contribution in [1.29, 1.82) is 0 Å². The summed E-state index contributed by atoms with van der Waals surface area (Å²) in [5, 5.41) is 2.86. The summed E-state index contributed by atoms with van der Waals surface area (Å²) < 4.78 is 49.0. The van der Waals surface area contributed by atoms with Crippen LogP contribution in [0.5, 0.6) is 0 Å². The van der Waals surface area contributed by atoms with Crippen molar-refractivity contribution in [3.63, 3.8) is 0 Å². The fourth-order valence-electron chi connectivity index (χ4n) is 2.64. The number of fused-ring (bicyclic) bond motifs is 1. The average Bonchev–Trinajstić information content (AvgIpc) is 2.65. The van der Waals surface area contributed by atoms with Gasteiger partial charge in [0.25, 0.3) is 5.56 Å². The summed E-state index contributed by atoms with van der Waals surface area (Å²) in [6.07, 6.45) is 1.27. The van der Waals surface area contributed by atoms with E-state index in [0.717, 1.165) is 22.3 Å². The summed E-state index contributed by atoms with van der Waals surface area (Å²) in [6, 6.07) is 9.50. The van der Waals surface area contributed by atoms with E-state index in [4.69, 9.17) is 0 Å². The molecular formula is C18H15F2N3O4S. The van der Waals surface area contributed by atoms with Gasteiger partial charge in [-0.3, -0.25) is 14.2 Å². The van der Waals surface area contributed by atoms with Gasteiger partial charge in [0.2, 0.25) is 15.7 Å². The maximum Gasteiger partial charge on any atom is 0.341 e. The van der Waals surface area contributed by atoms with Crippen LogP contribution >= 0.6 is 0 Å². The Morgan fingerprint density at radius 2 is 1.86 bits per heavy atom. The second kappa shape index (κ2) is 7.47. The minimum atomic E-state index is -4.70. The van der Waals surface area contributed by atoms with Crippen LogP contribution in [0.2, 0.25) is 0 Å². The molecule has 3 aromatic rings. The minimum Gasteiger partial charge on any atom is -0.325 e. The molecule has 0 saturated carbocycles. The first-order valence-corrected chi connectivity index (χ1v) is 9.61. The molecule has 1 amide bonds. The van der Waals surface area contributed by atoms with E-state index in [2.05, 4.69) is 10.3 Å². The summed E-state index contributed by atoms with van der Waals surface area (Å²) >= 11 is 0. The van der Waals surface area contributed by atoms with Gasteiger partial charge >= 0.3 is 5.76 Å². The normalized spacial score (nSPS) is 11.7. The van der Waals surface area contributed by atoms with E-state index in [9.17, 15) is 26.8 Å². The maximum absolute atomic E-state index is 12.5. The van der Waals surface area contributed by atoms with Crippen molar-refractivity contribution in [3.8, 4) is 0 Å². The van der Waals surface area contributed by atoms with Gasteiger partial charge in [-0.15, -0.1) is 0 Å². The number of rotatable bonds is 5. The van der Waals surface area contributed by atoms with Gasteiger partial charge in [0, 0.05) is 5.69 Å². The lowest BCUT2D eigenvalue weighted by Crippen LogP contribution is -2.28. The molecule has 1 N–H and O–H groups in total. The molecule has 0 spiro atoms. The van der Waals surface area contributed by atoms with Crippen molar-refractivity contribution in [2.75, 3.05) is 5.32 Å². The lowest BCUT2D eigenvalue weighted by molar-refractivity contribution is -0.116. The molecule has 0 saturated heterocycles. The first-order valence-electron chi connectivity index (χ1n) is 8.07. The quantitative estimate of drug-likeness (QED) is 0.700. The van der Waals surface area contributed by atoms with Crippen LogP contribution in [0.4, 0.5) is 14.5 Å². The smallest absolute Gasteiger partial charge is 0.325 e. The maximum atomic E-state index is 12.5. The van der Waals surface area contributed by atoms with Crippen molar-refractivity contribution in [2.24, 2.45) is 0 Å². The Kier molecular flexibility index (Phi) is 5.23. The number of hydrogen-bond acceptors (Lipinski definition) is 5. The van der Waals surface area contributed by atoms with E-state index in [-0.39, 0.29) is 17.8 Å². The number of para-hydroxylation sites is 1. The molecule has 0 aliphatic heterocycles. The summed E-state index contributed by atoms with van der Waals surface area (Å²) in [6.45, 7) is 1.51. The minimum absolute atomic E-state index is 0.204. The molecule has 7 nitrogen and oxygen atoms in total. The summed E-state index contributed by atoms with van der Waals surface area (Å²) in [4.78, 5) is 28.3. The molecular weight excluding hydrogens is 392 g/mol. The Labute approximate surface area is 158 Å². The third kappa shape index (κ3) is 3.77. The van der Waals surface area contributed by atoms with E-state index >= 15 is 0 Å². The Balaban J connectivity index is 1.77. The Morgan fingerprint density at radius 1 is 1.18 bits per heavy atom. The fourth-order valence-corrected chi connectivity index (χ4v) is 3.36. The van der Waals surface area contributed by atoms with Crippen LogP contribution in [-0.2, 0) is 21.2 Å². The van der Waals surface area contributed by atoms with Crippen molar-refractivity contribution < 1.29 is 22.0 Å². The predicted octanol–water partition coefficient (Wildman–Crippen LogP) is 2.34. The molecule has 3 rings (SSSR count). The summed E-state index contributed by atoms with van der Waals surface area (Å²) in [5.74, 6) is -4.08. The number of hydrogen-bond donors (Lipinski definition) is 1. The number of nitrogens with one attached hydrogen (secondary N) is 1. The number of alkyl halides is 2. The molecule has 146 valence electrons. The fraction of sp³-hybridized carbons (Fsp3) is 0.167. The number of aromatic nitrogens is 2. The topological polar surface area (TPSA) is 98.1 Å². The molecule has 0 aliphatic carbocycles. The highest BCUT2D eigenvalue weighted by atomic mass is 32.2. The Hall–Kier alpha value is -3.14. The molecule has 0 aliphatic rings. The van der Waals surface area contributed by atoms with Gasteiger partial charge in [-0.1, -0.05) is 12.1 Å². The highest BCUT2D eigenvalue weighted by Gasteiger charge is 2.26. The molecule has 0 fully saturated rings. The molecule has 2 aromatic carbocycles. The SMILES string of the molecule is Cc1cccc2c(=O)n(CC(=O)Nc3ccc(S(=O)(=O)C(F)F)cc3)cnc12. The molecule has 0 bridgehead atoms. The number of benzene rings is 2. The molecule has 0 unspecified atom stereocenters. The van der Waals surface area contributed by atoms with Gasteiger partial charge in [0.05, 0.1) is 22.1 Å². The van der Waals surface area contributed by atoms with Crippen LogP contribution in [0.15, 0.2) is 58.5 Å². The largest absolute Gasteiger partial charge is 0.341 e. The average molecular weight is 407 g/mol. The van der Waals surface area contributed by atoms with Gasteiger partial charge in [0.1, 0.15) is 6.54 Å². The number of anilines is 1. The first-order chi connectivity index (χ1) is 13.2. The molecule has 0 radical (unpaired) electrons. The van der Waals surface area contributed by atoms with Crippen molar-refractivity contribution in [3.05, 3.63) is 64.7 Å². The molecule has 0 atom stereocenters. The van der Waals surface area contributed by atoms with E-state index in [1.165, 1.54) is 18.5 Å². The van der Waals surface area contributed by atoms with Crippen molar-refractivity contribution in [1.82, 2.24) is 9.55 Å². The number of amides is 1. The number of carbonyl (C=O) groups is 1. The lowest BCUT2D eigenvalue weighted by Gasteiger charge is -2.09. The zero-order chi connectivity index (χ0) is 20.5. The van der Waals surface area contributed by atoms with E-state index in [0.29, 0.717) is 10.9 Å². The monoisotopic (exact) mass is 407 g/mol. The van der Waals surface area contributed by atoms with Gasteiger partial charge < -0.3 is 5.32 Å². The van der Waals surface area contributed by atoms with Crippen LogP contribution in [-0.4, -0.2) is 29.6 Å². The second-order valence-corrected chi connectivity index (χ2v) is 7.94. The van der Waals surface area contributed by atoms with Crippen LogP contribution in [0.1, 0.15) is 5.56 Å². The third-order valence-electron chi connectivity index (χ3n) is 4.07. The van der Waals surface area contributed by atoms with Gasteiger partial charge in [-0.05, 0) is 42.8 Å². The van der Waals surface area contributed by atoms with Gasteiger partial charge in [-0.2, -0.15) is 8.78 Å². The first kappa shape index (κ1) is 19.6. The number of sulfone groups is 1. The Morgan fingerprint density at radius 3 is 2.50 bits per heavy atom. The van der Waals surface area contributed by atoms with E-state index in [1.807, 2.05) is 13.0 Å². The predicted molar refractivity (Wildman–Crippen MR) is 99.0 cm³/mol. The summed E-state index contributed by atoms with van der Waals surface area (Å²) in [7, 11) is -4.70. The second-order valence-electron chi connectivity index (χ2n) is 6.03. The molecule has 10 heteroatoms. The number of aryl methyl sites for hydroxylation is 1. The molecule has 1 aromatic heterocycles. The van der Waals surface area contributed by atoms with Crippen LogP contribution in [0.25, 0.3) is 10.9 Å². The standard InChI is InChI=1S/C18H15F2N3O4S/c1-11-3-2-4-14-16(11)21-10-23(17(14)25)9-15(24)22-12-5-7-13(8-6-12)28(26,27)18(19)20/h2-8,10,18H,9H2,1H3,(H,22,24). The highest BCUT2D eigenvalue weighted by molar-refractivity contribution is 7.91. The molecule has 28 heavy (non-hydrogen) atoms. The molecule has 1 heterocycles. The van der Waals surface area contributed by atoms with E-state index < -0.39 is 26.4 Å². The van der Waals surface area contributed by atoms with Crippen molar-refractivity contribution in [2.45, 2.75) is 24.1 Å².